The normalized spacial score (nSPS) is 32.0. The van der Waals surface area contributed by atoms with E-state index in [1.807, 2.05) is 12.2 Å². The van der Waals surface area contributed by atoms with Crippen LogP contribution >= 0.6 is 0 Å². The van der Waals surface area contributed by atoms with Crippen molar-refractivity contribution in [3.8, 4) is 0 Å². The Labute approximate surface area is 81.2 Å². The van der Waals surface area contributed by atoms with Crippen molar-refractivity contribution in [1.29, 1.82) is 0 Å². The molecule has 1 nitrogen and oxygen atoms in total. The van der Waals surface area contributed by atoms with Gasteiger partial charge in [-0.3, -0.25) is 0 Å². The molecule has 0 unspecified atom stereocenters. The largest absolute Gasteiger partial charge is 0.388 e. The first-order chi connectivity index (χ1) is 6.07. The van der Waals surface area contributed by atoms with Crippen LogP contribution in [0.25, 0.3) is 0 Å². The molecule has 0 aromatic rings. The lowest BCUT2D eigenvalue weighted by atomic mass is 9.75. The molecule has 1 aliphatic rings. The fraction of sp³-hybridized carbons (Fsp3) is 0.667. The van der Waals surface area contributed by atoms with Gasteiger partial charge in [-0.05, 0) is 18.8 Å². The second-order valence-electron chi connectivity index (χ2n) is 4.30. The fourth-order valence-corrected chi connectivity index (χ4v) is 2.57. The molecule has 74 valence electrons. The van der Waals surface area contributed by atoms with E-state index < -0.39 is 5.60 Å². The minimum atomic E-state index is -0.608. The van der Waals surface area contributed by atoms with Crippen LogP contribution in [0.15, 0.2) is 25.3 Å². The molecule has 0 aromatic carbocycles. The number of rotatable bonds is 3. The molecule has 1 fully saturated rings. The molecule has 0 spiro atoms. The second kappa shape index (κ2) is 3.67. The molecule has 0 aromatic heterocycles. The number of hydrogen-bond donors (Lipinski definition) is 1. The molecular formula is C12H20O. The van der Waals surface area contributed by atoms with E-state index in [9.17, 15) is 5.11 Å². The highest BCUT2D eigenvalue weighted by Crippen LogP contribution is 2.46. The highest BCUT2D eigenvalue weighted by molar-refractivity contribution is 5.10. The van der Waals surface area contributed by atoms with Gasteiger partial charge in [0.05, 0.1) is 5.60 Å². The Morgan fingerprint density at radius 2 is 1.62 bits per heavy atom. The highest BCUT2D eigenvalue weighted by Gasteiger charge is 2.48. The van der Waals surface area contributed by atoms with Gasteiger partial charge in [-0.2, -0.15) is 0 Å². The van der Waals surface area contributed by atoms with E-state index in [1.54, 1.807) is 0 Å². The van der Waals surface area contributed by atoms with Crippen molar-refractivity contribution in [2.45, 2.75) is 32.3 Å². The van der Waals surface area contributed by atoms with Crippen molar-refractivity contribution < 1.29 is 5.11 Å². The van der Waals surface area contributed by atoms with Gasteiger partial charge in [0.2, 0.25) is 0 Å². The van der Waals surface area contributed by atoms with Gasteiger partial charge in [0.15, 0.2) is 0 Å². The SMILES string of the molecule is C=C[C@@H]1CC[C@@H](C=C)C1(O)C(C)C. The third-order valence-corrected chi connectivity index (χ3v) is 3.47. The minimum absolute atomic E-state index is 0.232. The first-order valence-electron chi connectivity index (χ1n) is 5.04. The molecule has 0 bridgehead atoms. The van der Waals surface area contributed by atoms with Gasteiger partial charge in [-0.15, -0.1) is 13.2 Å². The van der Waals surface area contributed by atoms with Gasteiger partial charge in [-0.25, -0.2) is 0 Å². The Bertz CT molecular complexity index is 189. The Hall–Kier alpha value is -0.560. The summed E-state index contributed by atoms with van der Waals surface area (Å²) in [5, 5.41) is 10.5. The lowest BCUT2D eigenvalue weighted by Crippen LogP contribution is -2.43. The Morgan fingerprint density at radius 1 is 1.23 bits per heavy atom. The average molecular weight is 180 g/mol. The molecule has 1 heteroatoms. The zero-order valence-corrected chi connectivity index (χ0v) is 8.66. The molecule has 0 radical (unpaired) electrons. The summed E-state index contributed by atoms with van der Waals surface area (Å²) in [5.41, 5.74) is -0.608. The standard InChI is InChI=1S/C12H20O/c1-5-10-7-8-11(6-2)12(10,13)9(3)4/h5-6,9-11,13H,1-2,7-8H2,3-4H3/t10-,11-/m1/s1. The van der Waals surface area contributed by atoms with E-state index in [-0.39, 0.29) is 17.8 Å². The molecule has 13 heavy (non-hydrogen) atoms. The van der Waals surface area contributed by atoms with Crippen LogP contribution in [-0.4, -0.2) is 10.7 Å². The van der Waals surface area contributed by atoms with Crippen LogP contribution in [0.4, 0.5) is 0 Å². The average Bonchev–Trinajstić information content (AvgIpc) is 2.43. The predicted octanol–water partition coefficient (Wildman–Crippen LogP) is 2.77. The van der Waals surface area contributed by atoms with Gasteiger partial charge in [-0.1, -0.05) is 26.0 Å². The van der Waals surface area contributed by atoms with Gasteiger partial charge in [0.25, 0.3) is 0 Å². The van der Waals surface area contributed by atoms with Crippen LogP contribution in [0, 0.1) is 17.8 Å². The molecule has 0 amide bonds. The molecule has 1 rings (SSSR count). The van der Waals surface area contributed by atoms with Crippen molar-refractivity contribution in [3.05, 3.63) is 25.3 Å². The van der Waals surface area contributed by atoms with Gasteiger partial charge >= 0.3 is 0 Å². The lowest BCUT2D eigenvalue weighted by Gasteiger charge is -2.36. The Balaban J connectivity index is 2.96. The van der Waals surface area contributed by atoms with E-state index in [0.717, 1.165) is 12.8 Å². The van der Waals surface area contributed by atoms with E-state index >= 15 is 0 Å². The maximum Gasteiger partial charge on any atom is 0.0794 e. The topological polar surface area (TPSA) is 20.2 Å². The third-order valence-electron chi connectivity index (χ3n) is 3.47. The highest BCUT2D eigenvalue weighted by atomic mass is 16.3. The van der Waals surface area contributed by atoms with Gasteiger partial charge < -0.3 is 5.11 Å². The zero-order chi connectivity index (χ0) is 10.1. The van der Waals surface area contributed by atoms with Gasteiger partial charge in [0.1, 0.15) is 0 Å². The van der Waals surface area contributed by atoms with E-state index in [2.05, 4.69) is 27.0 Å². The molecule has 2 atom stereocenters. The van der Waals surface area contributed by atoms with Crippen LogP contribution in [0.1, 0.15) is 26.7 Å². The third kappa shape index (κ3) is 1.46. The van der Waals surface area contributed by atoms with Crippen molar-refractivity contribution in [3.63, 3.8) is 0 Å². The summed E-state index contributed by atoms with van der Waals surface area (Å²) in [6.07, 6.45) is 5.86. The Morgan fingerprint density at radius 3 is 1.85 bits per heavy atom. The molecule has 1 N–H and O–H groups in total. The lowest BCUT2D eigenvalue weighted by molar-refractivity contribution is -0.0486. The van der Waals surface area contributed by atoms with E-state index in [0.29, 0.717) is 0 Å². The van der Waals surface area contributed by atoms with Crippen LogP contribution < -0.4 is 0 Å². The number of aliphatic hydroxyl groups is 1. The molecular weight excluding hydrogens is 160 g/mol. The summed E-state index contributed by atoms with van der Waals surface area (Å²) < 4.78 is 0. The van der Waals surface area contributed by atoms with Crippen LogP contribution in [0.5, 0.6) is 0 Å². The fourth-order valence-electron chi connectivity index (χ4n) is 2.57. The summed E-state index contributed by atoms with van der Waals surface area (Å²) in [7, 11) is 0. The van der Waals surface area contributed by atoms with E-state index in [4.69, 9.17) is 0 Å². The first kappa shape index (κ1) is 10.5. The zero-order valence-electron chi connectivity index (χ0n) is 8.66. The summed E-state index contributed by atoms with van der Waals surface area (Å²) in [5.74, 6) is 0.729. The second-order valence-corrected chi connectivity index (χ2v) is 4.30. The quantitative estimate of drug-likeness (QED) is 0.662. The van der Waals surface area contributed by atoms with Crippen molar-refractivity contribution in [2.24, 2.45) is 17.8 Å². The maximum absolute atomic E-state index is 10.5. The maximum atomic E-state index is 10.5. The summed E-state index contributed by atoms with van der Waals surface area (Å²) in [6.45, 7) is 11.7. The van der Waals surface area contributed by atoms with Crippen molar-refractivity contribution >= 4 is 0 Å². The molecule has 0 saturated heterocycles. The Kier molecular flexibility index (Phi) is 2.97. The molecule has 0 aliphatic heterocycles. The summed E-state index contributed by atoms with van der Waals surface area (Å²) in [4.78, 5) is 0. The van der Waals surface area contributed by atoms with E-state index in [1.165, 1.54) is 0 Å². The summed E-state index contributed by atoms with van der Waals surface area (Å²) in [6, 6.07) is 0. The molecule has 1 aliphatic carbocycles. The van der Waals surface area contributed by atoms with Crippen LogP contribution in [-0.2, 0) is 0 Å². The predicted molar refractivity (Wildman–Crippen MR) is 56.4 cm³/mol. The summed E-state index contributed by atoms with van der Waals surface area (Å²) >= 11 is 0. The van der Waals surface area contributed by atoms with Crippen molar-refractivity contribution in [2.75, 3.05) is 0 Å². The number of hydrogen-bond acceptors (Lipinski definition) is 1. The molecule has 1 saturated carbocycles. The van der Waals surface area contributed by atoms with Crippen LogP contribution in [0.3, 0.4) is 0 Å². The monoisotopic (exact) mass is 180 g/mol. The molecule has 0 heterocycles. The minimum Gasteiger partial charge on any atom is -0.388 e. The van der Waals surface area contributed by atoms with Crippen molar-refractivity contribution in [1.82, 2.24) is 0 Å². The van der Waals surface area contributed by atoms with Crippen LogP contribution in [0.2, 0.25) is 0 Å². The van der Waals surface area contributed by atoms with Gasteiger partial charge in [0, 0.05) is 11.8 Å². The first-order valence-corrected chi connectivity index (χ1v) is 5.04. The smallest absolute Gasteiger partial charge is 0.0794 e.